The zero-order valence-corrected chi connectivity index (χ0v) is 7.95. The number of hydrogen-bond donors (Lipinski definition) is 1. The van der Waals surface area contributed by atoms with Gasteiger partial charge in [-0.25, -0.2) is 0 Å². The summed E-state index contributed by atoms with van der Waals surface area (Å²) in [5.74, 6) is 1.18. The van der Waals surface area contributed by atoms with E-state index in [1.807, 2.05) is 13.8 Å². The molecule has 1 saturated carbocycles. The maximum absolute atomic E-state index is 5.54. The fraction of sp³-hybridized carbons (Fsp3) is 1.00. The predicted molar refractivity (Wildman–Crippen MR) is 47.7 cm³/mol. The Balaban J connectivity index is 2.24. The fourth-order valence-corrected chi connectivity index (χ4v) is 1.50. The van der Waals surface area contributed by atoms with Crippen molar-refractivity contribution in [1.29, 1.82) is 0 Å². The summed E-state index contributed by atoms with van der Waals surface area (Å²) in [6.45, 7) is 6.19. The van der Waals surface area contributed by atoms with Gasteiger partial charge >= 0.3 is 0 Å². The lowest BCUT2D eigenvalue weighted by Crippen LogP contribution is -2.22. The van der Waals surface area contributed by atoms with Crippen molar-refractivity contribution in [1.82, 2.24) is 0 Å². The average molecular weight is 173 g/mol. The molecule has 0 saturated heterocycles. The van der Waals surface area contributed by atoms with E-state index in [1.165, 1.54) is 6.42 Å². The van der Waals surface area contributed by atoms with Gasteiger partial charge < -0.3 is 15.2 Å². The summed E-state index contributed by atoms with van der Waals surface area (Å²) < 4.78 is 10.9. The van der Waals surface area contributed by atoms with Gasteiger partial charge in [-0.15, -0.1) is 0 Å². The number of ether oxygens (including phenoxy) is 2. The lowest BCUT2D eigenvalue weighted by atomic mass is 10.3. The highest BCUT2D eigenvalue weighted by atomic mass is 16.7. The van der Waals surface area contributed by atoms with Crippen molar-refractivity contribution in [3.05, 3.63) is 0 Å². The van der Waals surface area contributed by atoms with E-state index in [-0.39, 0.29) is 6.29 Å². The molecule has 0 radical (unpaired) electrons. The summed E-state index contributed by atoms with van der Waals surface area (Å²) in [5.41, 5.74) is 5.54. The Labute approximate surface area is 74.2 Å². The van der Waals surface area contributed by atoms with E-state index in [4.69, 9.17) is 15.2 Å². The van der Waals surface area contributed by atoms with Crippen LogP contribution in [0.25, 0.3) is 0 Å². The topological polar surface area (TPSA) is 44.5 Å². The molecule has 0 spiro atoms. The first-order valence-corrected chi connectivity index (χ1v) is 4.76. The Morgan fingerprint density at radius 1 is 1.33 bits per heavy atom. The van der Waals surface area contributed by atoms with E-state index in [1.54, 1.807) is 0 Å². The van der Waals surface area contributed by atoms with Gasteiger partial charge in [-0.05, 0) is 32.7 Å². The minimum atomic E-state index is -0.00597. The molecular weight excluding hydrogens is 154 g/mol. The molecule has 1 fully saturated rings. The lowest BCUT2D eigenvalue weighted by molar-refractivity contribution is -0.150. The fourth-order valence-electron chi connectivity index (χ4n) is 1.50. The molecule has 0 unspecified atom stereocenters. The van der Waals surface area contributed by atoms with Gasteiger partial charge in [-0.2, -0.15) is 0 Å². The Bertz CT molecular complexity index is 124. The third kappa shape index (κ3) is 2.44. The molecular formula is C9H19NO2. The van der Waals surface area contributed by atoms with Crippen LogP contribution in [0, 0.1) is 11.8 Å². The van der Waals surface area contributed by atoms with Crippen LogP contribution < -0.4 is 5.73 Å². The molecule has 12 heavy (non-hydrogen) atoms. The largest absolute Gasteiger partial charge is 0.353 e. The molecule has 1 rings (SSSR count). The number of nitrogens with two attached hydrogens (primary N) is 1. The van der Waals surface area contributed by atoms with E-state index in [9.17, 15) is 0 Å². The molecule has 0 aromatic rings. The van der Waals surface area contributed by atoms with E-state index >= 15 is 0 Å². The van der Waals surface area contributed by atoms with Crippen molar-refractivity contribution in [3.8, 4) is 0 Å². The van der Waals surface area contributed by atoms with Crippen LogP contribution in [0.15, 0.2) is 0 Å². The summed E-state index contributed by atoms with van der Waals surface area (Å²) in [7, 11) is 0. The van der Waals surface area contributed by atoms with Crippen LogP contribution in [0.2, 0.25) is 0 Å². The van der Waals surface area contributed by atoms with Gasteiger partial charge in [0.1, 0.15) is 0 Å². The molecule has 0 bridgehead atoms. The zero-order chi connectivity index (χ0) is 8.97. The molecule has 2 atom stereocenters. The van der Waals surface area contributed by atoms with Crippen LogP contribution in [0.3, 0.4) is 0 Å². The van der Waals surface area contributed by atoms with Crippen LogP contribution in [-0.2, 0) is 9.47 Å². The maximum atomic E-state index is 5.54. The Morgan fingerprint density at radius 3 is 2.25 bits per heavy atom. The monoisotopic (exact) mass is 173 g/mol. The van der Waals surface area contributed by atoms with Crippen LogP contribution in [0.1, 0.15) is 20.3 Å². The molecule has 0 aromatic heterocycles. The van der Waals surface area contributed by atoms with Gasteiger partial charge in [0.15, 0.2) is 6.29 Å². The second-order valence-corrected chi connectivity index (χ2v) is 3.17. The van der Waals surface area contributed by atoms with Gasteiger partial charge in [0, 0.05) is 19.1 Å². The molecule has 0 heterocycles. The molecule has 72 valence electrons. The molecule has 2 N–H and O–H groups in total. The van der Waals surface area contributed by atoms with Crippen molar-refractivity contribution in [3.63, 3.8) is 0 Å². The van der Waals surface area contributed by atoms with Crippen molar-refractivity contribution >= 4 is 0 Å². The van der Waals surface area contributed by atoms with Crippen molar-refractivity contribution in [2.45, 2.75) is 26.6 Å². The molecule has 0 aliphatic heterocycles. The summed E-state index contributed by atoms with van der Waals surface area (Å²) in [4.78, 5) is 0. The van der Waals surface area contributed by atoms with Crippen LogP contribution in [0.5, 0.6) is 0 Å². The number of hydrogen-bond acceptors (Lipinski definition) is 3. The van der Waals surface area contributed by atoms with Gasteiger partial charge in [-0.3, -0.25) is 0 Å². The zero-order valence-electron chi connectivity index (χ0n) is 7.95. The Hall–Kier alpha value is -0.120. The van der Waals surface area contributed by atoms with E-state index < -0.39 is 0 Å². The molecule has 3 nitrogen and oxygen atoms in total. The smallest absolute Gasteiger partial charge is 0.160 e. The Morgan fingerprint density at radius 2 is 1.92 bits per heavy atom. The van der Waals surface area contributed by atoms with Crippen molar-refractivity contribution in [2.24, 2.45) is 17.6 Å². The highest BCUT2D eigenvalue weighted by molar-refractivity contribution is 4.89. The minimum absolute atomic E-state index is 0.00597. The van der Waals surface area contributed by atoms with Gasteiger partial charge in [0.25, 0.3) is 0 Å². The Kier molecular flexibility index (Phi) is 3.98. The third-order valence-electron chi connectivity index (χ3n) is 2.29. The van der Waals surface area contributed by atoms with Gasteiger partial charge in [0.05, 0.1) is 0 Å². The summed E-state index contributed by atoms with van der Waals surface area (Å²) in [5, 5.41) is 0. The molecule has 0 aromatic carbocycles. The van der Waals surface area contributed by atoms with Gasteiger partial charge in [-0.1, -0.05) is 0 Å². The van der Waals surface area contributed by atoms with Crippen LogP contribution in [0.4, 0.5) is 0 Å². The van der Waals surface area contributed by atoms with Crippen LogP contribution >= 0.6 is 0 Å². The van der Waals surface area contributed by atoms with E-state index in [0.29, 0.717) is 11.8 Å². The standard InChI is InChI=1S/C9H19NO2/c1-3-11-9(12-4-2)8-5-7(8)6-10/h7-9H,3-6,10H2,1-2H3/t7-,8+/m0/s1. The molecule has 0 amide bonds. The second kappa shape index (κ2) is 4.80. The molecule has 1 aliphatic carbocycles. The first-order valence-electron chi connectivity index (χ1n) is 4.76. The first-order chi connectivity index (χ1) is 5.83. The maximum Gasteiger partial charge on any atom is 0.160 e. The third-order valence-corrected chi connectivity index (χ3v) is 2.29. The minimum Gasteiger partial charge on any atom is -0.353 e. The highest BCUT2D eigenvalue weighted by Gasteiger charge is 2.43. The summed E-state index contributed by atoms with van der Waals surface area (Å²) in [6, 6.07) is 0. The first kappa shape index (κ1) is 9.96. The second-order valence-electron chi connectivity index (χ2n) is 3.17. The predicted octanol–water partition coefficient (Wildman–Crippen LogP) is 0.980. The SMILES string of the molecule is CCOC(OCC)[C@@H]1C[C@H]1CN. The average Bonchev–Trinajstić information content (AvgIpc) is 2.83. The lowest BCUT2D eigenvalue weighted by Gasteiger charge is -2.16. The molecule has 3 heteroatoms. The number of rotatable bonds is 6. The summed E-state index contributed by atoms with van der Waals surface area (Å²) >= 11 is 0. The van der Waals surface area contributed by atoms with E-state index in [2.05, 4.69) is 0 Å². The highest BCUT2D eigenvalue weighted by Crippen LogP contribution is 2.41. The normalized spacial score (nSPS) is 28.0. The van der Waals surface area contributed by atoms with Crippen molar-refractivity contribution < 1.29 is 9.47 Å². The summed E-state index contributed by atoms with van der Waals surface area (Å²) in [6.07, 6.45) is 1.16. The van der Waals surface area contributed by atoms with Crippen molar-refractivity contribution in [2.75, 3.05) is 19.8 Å². The van der Waals surface area contributed by atoms with Crippen LogP contribution in [-0.4, -0.2) is 26.0 Å². The van der Waals surface area contributed by atoms with Gasteiger partial charge in [0.2, 0.25) is 0 Å². The quantitative estimate of drug-likeness (QED) is 0.609. The molecule has 1 aliphatic rings. The van der Waals surface area contributed by atoms with E-state index in [0.717, 1.165) is 19.8 Å².